The van der Waals surface area contributed by atoms with Gasteiger partial charge >= 0.3 is 11.9 Å². The summed E-state index contributed by atoms with van der Waals surface area (Å²) < 4.78 is 0. The van der Waals surface area contributed by atoms with Crippen LogP contribution in [0.25, 0.3) is 0 Å². The highest BCUT2D eigenvalue weighted by atomic mass is 16.4. The fourth-order valence-electron chi connectivity index (χ4n) is 1.05. The van der Waals surface area contributed by atoms with Crippen molar-refractivity contribution in [2.24, 2.45) is 5.92 Å². The molecular weight excluding hydrogens is 192 g/mol. The highest BCUT2D eigenvalue weighted by Crippen LogP contribution is 2.11. The lowest BCUT2D eigenvalue weighted by molar-refractivity contribution is -0.151. The van der Waals surface area contributed by atoms with Gasteiger partial charge < -0.3 is 15.3 Å². The number of aliphatic carboxylic acids is 2. The summed E-state index contributed by atoms with van der Waals surface area (Å²) in [5.41, 5.74) is 0. The number of hydrogen-bond acceptors (Lipinski definition) is 4. The molecule has 0 spiro atoms. The zero-order chi connectivity index (χ0) is 11.3. The Labute approximate surface area is 80.2 Å². The molecule has 0 bridgehead atoms. The minimum Gasteiger partial charge on any atom is -0.481 e. The minimum absolute atomic E-state index is 0.244. The number of hydrogen-bond donors (Lipinski definition) is 3. The van der Waals surface area contributed by atoms with Gasteiger partial charge in [-0.3, -0.25) is 14.4 Å². The van der Waals surface area contributed by atoms with Crippen LogP contribution in [-0.2, 0) is 14.4 Å². The third kappa shape index (κ3) is 3.99. The van der Waals surface area contributed by atoms with E-state index >= 15 is 0 Å². The first-order valence-corrected chi connectivity index (χ1v) is 3.99. The summed E-state index contributed by atoms with van der Waals surface area (Å²) >= 11 is 0. The Morgan fingerprint density at radius 1 is 1.21 bits per heavy atom. The van der Waals surface area contributed by atoms with Crippen LogP contribution >= 0.6 is 0 Å². The van der Waals surface area contributed by atoms with E-state index in [1.807, 2.05) is 0 Å². The number of carbonyl (C=O) groups excluding carboxylic acids is 1. The van der Waals surface area contributed by atoms with Gasteiger partial charge in [0.1, 0.15) is 11.7 Å². The van der Waals surface area contributed by atoms with E-state index in [0.29, 0.717) is 0 Å². The topological polar surface area (TPSA) is 112 Å². The maximum atomic E-state index is 10.8. The fourth-order valence-corrected chi connectivity index (χ4v) is 1.05. The van der Waals surface area contributed by atoms with Crippen molar-refractivity contribution < 1.29 is 29.7 Å². The van der Waals surface area contributed by atoms with Gasteiger partial charge in [0.2, 0.25) is 0 Å². The lowest BCUT2D eigenvalue weighted by atomic mass is 9.95. The molecule has 6 nitrogen and oxygen atoms in total. The number of carboxylic acid groups (broad SMARTS) is 2. The molecule has 6 heteroatoms. The molecule has 0 aromatic carbocycles. The third-order valence-electron chi connectivity index (χ3n) is 1.74. The highest BCUT2D eigenvalue weighted by Gasteiger charge is 2.30. The van der Waals surface area contributed by atoms with Crippen molar-refractivity contribution in [3.63, 3.8) is 0 Å². The number of aliphatic hydroxyl groups is 1. The average molecular weight is 204 g/mol. The van der Waals surface area contributed by atoms with Crippen LogP contribution in [0.3, 0.4) is 0 Å². The Balaban J connectivity index is 4.30. The first-order valence-electron chi connectivity index (χ1n) is 3.99. The monoisotopic (exact) mass is 204 g/mol. The lowest BCUT2D eigenvalue weighted by Crippen LogP contribution is -2.34. The van der Waals surface area contributed by atoms with E-state index in [0.717, 1.165) is 6.92 Å². The summed E-state index contributed by atoms with van der Waals surface area (Å²) in [6, 6.07) is 0. The Bertz CT molecular complexity index is 232. The van der Waals surface area contributed by atoms with Crippen LogP contribution < -0.4 is 0 Å². The summed E-state index contributed by atoms with van der Waals surface area (Å²) in [5.74, 6) is -4.79. The number of carbonyl (C=O) groups is 3. The quantitative estimate of drug-likeness (QED) is 0.503. The summed E-state index contributed by atoms with van der Waals surface area (Å²) in [5, 5.41) is 26.1. The standard InChI is InChI=1S/C8H12O6/c1-4(9)7(8(13)14)5(10)2-3-6(11)12/h5,7,10H,2-3H2,1H3,(H,11,12)(H,13,14). The van der Waals surface area contributed by atoms with Crippen molar-refractivity contribution in [3.05, 3.63) is 0 Å². The van der Waals surface area contributed by atoms with Crippen LogP contribution in [0.2, 0.25) is 0 Å². The zero-order valence-corrected chi connectivity index (χ0v) is 7.64. The molecule has 0 amide bonds. The fraction of sp³-hybridized carbons (Fsp3) is 0.625. The van der Waals surface area contributed by atoms with Crippen LogP contribution in [0.1, 0.15) is 19.8 Å². The second-order valence-corrected chi connectivity index (χ2v) is 2.93. The maximum Gasteiger partial charge on any atom is 0.316 e. The number of rotatable bonds is 6. The van der Waals surface area contributed by atoms with Crippen LogP contribution in [0.5, 0.6) is 0 Å². The molecule has 2 unspecified atom stereocenters. The molecule has 14 heavy (non-hydrogen) atoms. The van der Waals surface area contributed by atoms with Crippen molar-refractivity contribution in [2.75, 3.05) is 0 Å². The zero-order valence-electron chi connectivity index (χ0n) is 7.64. The first-order chi connectivity index (χ1) is 6.36. The van der Waals surface area contributed by atoms with Crippen molar-refractivity contribution in [1.29, 1.82) is 0 Å². The van der Waals surface area contributed by atoms with E-state index in [4.69, 9.17) is 10.2 Å². The predicted molar refractivity (Wildman–Crippen MR) is 44.7 cm³/mol. The minimum atomic E-state index is -1.53. The van der Waals surface area contributed by atoms with E-state index in [2.05, 4.69) is 0 Å². The normalized spacial score (nSPS) is 14.4. The Kier molecular flexibility index (Phi) is 4.79. The van der Waals surface area contributed by atoms with Crippen LogP contribution in [-0.4, -0.2) is 39.1 Å². The second-order valence-electron chi connectivity index (χ2n) is 2.93. The van der Waals surface area contributed by atoms with Crippen molar-refractivity contribution >= 4 is 17.7 Å². The van der Waals surface area contributed by atoms with Gasteiger partial charge in [-0.2, -0.15) is 0 Å². The molecule has 0 aliphatic heterocycles. The molecule has 0 rings (SSSR count). The van der Waals surface area contributed by atoms with Gasteiger partial charge in [0, 0.05) is 6.42 Å². The molecule has 0 saturated carbocycles. The molecule has 0 heterocycles. The van der Waals surface area contributed by atoms with Crippen molar-refractivity contribution in [3.8, 4) is 0 Å². The van der Waals surface area contributed by atoms with Gasteiger partial charge in [0.05, 0.1) is 6.10 Å². The van der Waals surface area contributed by atoms with Crippen LogP contribution in [0.15, 0.2) is 0 Å². The largest absolute Gasteiger partial charge is 0.481 e. The summed E-state index contributed by atoms with van der Waals surface area (Å²) in [6.07, 6.45) is -2.05. The molecule has 3 N–H and O–H groups in total. The van der Waals surface area contributed by atoms with Crippen molar-refractivity contribution in [1.82, 2.24) is 0 Å². The number of ketones is 1. The summed E-state index contributed by atoms with van der Waals surface area (Å²) in [7, 11) is 0. The molecule has 0 aliphatic rings. The van der Waals surface area contributed by atoms with Crippen LogP contribution in [0.4, 0.5) is 0 Å². The Hall–Kier alpha value is -1.43. The SMILES string of the molecule is CC(=O)C(C(=O)O)C(O)CCC(=O)O. The van der Waals surface area contributed by atoms with Gasteiger partial charge in [-0.05, 0) is 13.3 Å². The van der Waals surface area contributed by atoms with Gasteiger partial charge in [-0.1, -0.05) is 0 Å². The lowest BCUT2D eigenvalue weighted by Gasteiger charge is -2.15. The number of aliphatic hydroxyl groups excluding tert-OH is 1. The van der Waals surface area contributed by atoms with Crippen LogP contribution in [0, 0.1) is 5.92 Å². The predicted octanol–water partition coefficient (Wildman–Crippen LogP) is -0.498. The summed E-state index contributed by atoms with van der Waals surface area (Å²) in [4.78, 5) is 31.4. The molecule has 0 aromatic rings. The van der Waals surface area contributed by atoms with E-state index in [9.17, 15) is 19.5 Å². The number of Topliss-reactive ketones (excluding diaryl/α,β-unsaturated/α-hetero) is 1. The average Bonchev–Trinajstić information content (AvgIpc) is 1.99. The molecule has 0 radical (unpaired) electrons. The van der Waals surface area contributed by atoms with E-state index in [-0.39, 0.29) is 12.8 Å². The van der Waals surface area contributed by atoms with Crippen molar-refractivity contribution in [2.45, 2.75) is 25.9 Å². The Morgan fingerprint density at radius 2 is 1.71 bits per heavy atom. The molecule has 80 valence electrons. The van der Waals surface area contributed by atoms with E-state index < -0.39 is 29.7 Å². The molecule has 0 aliphatic carbocycles. The third-order valence-corrected chi connectivity index (χ3v) is 1.74. The first kappa shape index (κ1) is 12.6. The smallest absolute Gasteiger partial charge is 0.316 e. The summed E-state index contributed by atoms with van der Waals surface area (Å²) in [6.45, 7) is 1.04. The molecule has 2 atom stereocenters. The van der Waals surface area contributed by atoms with Gasteiger partial charge in [0.15, 0.2) is 0 Å². The van der Waals surface area contributed by atoms with E-state index in [1.165, 1.54) is 0 Å². The highest BCUT2D eigenvalue weighted by molar-refractivity contribution is 5.97. The maximum absolute atomic E-state index is 10.8. The Morgan fingerprint density at radius 3 is 2.00 bits per heavy atom. The van der Waals surface area contributed by atoms with Gasteiger partial charge in [-0.15, -0.1) is 0 Å². The molecule has 0 saturated heterocycles. The molecule has 0 aromatic heterocycles. The van der Waals surface area contributed by atoms with Gasteiger partial charge in [-0.25, -0.2) is 0 Å². The molecular formula is C8H12O6. The van der Waals surface area contributed by atoms with Gasteiger partial charge in [0.25, 0.3) is 0 Å². The second kappa shape index (κ2) is 5.33. The molecule has 0 fully saturated rings. The van der Waals surface area contributed by atoms with E-state index in [1.54, 1.807) is 0 Å². The number of carboxylic acids is 2.